The lowest BCUT2D eigenvalue weighted by Gasteiger charge is -2.43. The largest absolute Gasteiger partial charge is 0.453 e. The molecular weight excluding hydrogens is 559 g/mol. The second-order valence-electron chi connectivity index (χ2n) is 11.3. The van der Waals surface area contributed by atoms with Crippen LogP contribution in [0.3, 0.4) is 0 Å². The Labute approximate surface area is 257 Å². The van der Waals surface area contributed by atoms with E-state index in [1.165, 1.54) is 13.2 Å². The van der Waals surface area contributed by atoms with Crippen molar-refractivity contribution in [2.75, 3.05) is 33.8 Å². The lowest BCUT2D eigenvalue weighted by molar-refractivity contribution is -0.0564. The maximum absolute atomic E-state index is 15.8. The number of likely N-dealkylation sites (tertiary alicyclic amines) is 1. The van der Waals surface area contributed by atoms with Crippen LogP contribution in [0, 0.1) is 11.7 Å². The number of carbonyl (C=O) groups excluding carboxylic acids is 2. The monoisotopic (exact) mass is 598 g/mol. The molecule has 0 aliphatic carbocycles. The predicted molar refractivity (Wildman–Crippen MR) is 169 cm³/mol. The van der Waals surface area contributed by atoms with Crippen molar-refractivity contribution < 1.29 is 23.8 Å². The Hall–Kier alpha value is -4.34. The number of hydrogen-bond donors (Lipinski definition) is 3. The van der Waals surface area contributed by atoms with Gasteiger partial charge >= 0.3 is 6.09 Å². The van der Waals surface area contributed by atoms with Crippen LogP contribution in [0.25, 0.3) is 22.0 Å². The summed E-state index contributed by atoms with van der Waals surface area (Å²) in [5.74, 6) is -0.939. The lowest BCUT2D eigenvalue weighted by Crippen LogP contribution is -2.48. The zero-order valence-corrected chi connectivity index (χ0v) is 25.2. The molecule has 1 fully saturated rings. The Morgan fingerprint density at radius 3 is 2.68 bits per heavy atom. The number of aromatic nitrogens is 1. The number of benzene rings is 3. The third-order valence-electron chi connectivity index (χ3n) is 8.51. The average Bonchev–Trinajstić information content (AvgIpc) is 3.06. The Kier molecular flexibility index (Phi) is 9.87. The zero-order valence-electron chi connectivity index (χ0n) is 25.2. The number of aliphatic hydroxyl groups is 1. The van der Waals surface area contributed by atoms with Crippen LogP contribution in [0.4, 0.5) is 9.18 Å². The standard InChI is InChI=1S/C35H39FN4O4/c1-37-21-24-13-15-25(16-14-24)33(41)40-19-6-9-28(23-40)35(43,17-7-18-38-34(42)44-2)29-10-5-11-30(36)32(29)27-20-26-8-3-4-12-31(26)39-22-27/h3-5,8,10-16,20,22,28,37,43H,6-7,9,17-19,21,23H2,1-2H3,(H,38,42)/t28-,35?/m1/s1. The molecule has 5 rings (SSSR count). The summed E-state index contributed by atoms with van der Waals surface area (Å²) < 4.78 is 20.5. The van der Waals surface area contributed by atoms with Gasteiger partial charge in [-0.2, -0.15) is 0 Å². The molecule has 8 nitrogen and oxygen atoms in total. The molecule has 4 aromatic rings. The van der Waals surface area contributed by atoms with Gasteiger partial charge in [-0.25, -0.2) is 9.18 Å². The van der Waals surface area contributed by atoms with Gasteiger partial charge in [0, 0.05) is 60.4 Å². The molecule has 2 amide bonds. The van der Waals surface area contributed by atoms with E-state index in [0.29, 0.717) is 55.6 Å². The first kappa shape index (κ1) is 31.1. The van der Waals surface area contributed by atoms with Crippen molar-refractivity contribution in [3.8, 4) is 11.1 Å². The summed E-state index contributed by atoms with van der Waals surface area (Å²) in [6.45, 7) is 1.86. The van der Waals surface area contributed by atoms with Crippen molar-refractivity contribution in [1.29, 1.82) is 0 Å². The van der Waals surface area contributed by atoms with Crippen LogP contribution in [-0.4, -0.2) is 60.8 Å². The number of fused-ring (bicyclic) bond motifs is 1. The quantitative estimate of drug-likeness (QED) is 0.204. The van der Waals surface area contributed by atoms with Crippen LogP contribution in [0.5, 0.6) is 0 Å². The first-order valence-corrected chi connectivity index (χ1v) is 15.0. The number of rotatable bonds is 10. The van der Waals surface area contributed by atoms with Gasteiger partial charge in [0.2, 0.25) is 0 Å². The third kappa shape index (κ3) is 6.74. The second kappa shape index (κ2) is 14.0. The molecule has 1 aliphatic rings. The van der Waals surface area contributed by atoms with Crippen LogP contribution in [0.1, 0.15) is 47.2 Å². The molecule has 3 N–H and O–H groups in total. The molecule has 9 heteroatoms. The van der Waals surface area contributed by atoms with Crippen molar-refractivity contribution in [2.45, 2.75) is 37.8 Å². The maximum atomic E-state index is 15.8. The summed E-state index contributed by atoms with van der Waals surface area (Å²) in [5, 5.41) is 19.3. The summed E-state index contributed by atoms with van der Waals surface area (Å²) >= 11 is 0. The molecule has 1 aliphatic heterocycles. The SMILES string of the molecule is CNCc1ccc(C(=O)N2CCC[C@@H](C(O)(CCCNC(=O)OC)c3cccc(F)c3-c3cnc4ccccc4c3)C2)cc1. The number of para-hydroxylation sites is 1. The molecule has 0 spiro atoms. The number of nitrogens with zero attached hydrogens (tertiary/aromatic N) is 2. The zero-order chi connectivity index (χ0) is 31.1. The van der Waals surface area contributed by atoms with E-state index in [-0.39, 0.29) is 30.4 Å². The van der Waals surface area contributed by atoms with Crippen LogP contribution < -0.4 is 10.6 Å². The second-order valence-corrected chi connectivity index (χ2v) is 11.3. The van der Waals surface area contributed by atoms with Crippen LogP contribution >= 0.6 is 0 Å². The number of pyridine rings is 1. The average molecular weight is 599 g/mol. The van der Waals surface area contributed by atoms with Crippen molar-refractivity contribution in [3.63, 3.8) is 0 Å². The van der Waals surface area contributed by atoms with E-state index >= 15 is 4.39 Å². The van der Waals surface area contributed by atoms with E-state index in [2.05, 4.69) is 15.6 Å². The number of nitrogens with one attached hydrogen (secondary N) is 2. The summed E-state index contributed by atoms with van der Waals surface area (Å²) in [4.78, 5) is 31.7. The molecule has 2 heterocycles. The predicted octanol–water partition coefficient (Wildman–Crippen LogP) is 5.64. The highest BCUT2D eigenvalue weighted by molar-refractivity contribution is 5.94. The normalized spacial score (nSPS) is 16.4. The van der Waals surface area contributed by atoms with E-state index in [9.17, 15) is 14.7 Å². The van der Waals surface area contributed by atoms with Crippen molar-refractivity contribution in [3.05, 3.63) is 102 Å². The number of ether oxygens (including phenoxy) is 1. The Morgan fingerprint density at radius 2 is 1.91 bits per heavy atom. The molecule has 0 bridgehead atoms. The Balaban J connectivity index is 1.50. The summed E-state index contributed by atoms with van der Waals surface area (Å²) in [6, 6.07) is 21.8. The molecule has 0 radical (unpaired) electrons. The Morgan fingerprint density at radius 1 is 1.11 bits per heavy atom. The molecular formula is C35H39FN4O4. The smallest absolute Gasteiger partial charge is 0.406 e. The molecule has 0 saturated carbocycles. The van der Waals surface area contributed by atoms with E-state index in [4.69, 9.17) is 4.74 Å². The van der Waals surface area contributed by atoms with Gasteiger partial charge < -0.3 is 25.4 Å². The highest BCUT2D eigenvalue weighted by Gasteiger charge is 2.43. The molecule has 44 heavy (non-hydrogen) atoms. The van der Waals surface area contributed by atoms with Gasteiger partial charge in [-0.15, -0.1) is 0 Å². The molecule has 230 valence electrons. The maximum Gasteiger partial charge on any atom is 0.406 e. The third-order valence-corrected chi connectivity index (χ3v) is 8.51. The highest BCUT2D eigenvalue weighted by atomic mass is 19.1. The number of amides is 2. The van der Waals surface area contributed by atoms with Gasteiger partial charge in [0.05, 0.1) is 18.2 Å². The van der Waals surface area contributed by atoms with Crippen LogP contribution in [-0.2, 0) is 16.9 Å². The topological polar surface area (TPSA) is 104 Å². The summed E-state index contributed by atoms with van der Waals surface area (Å²) in [6.07, 6.45) is 3.07. The number of alkyl carbamates (subject to hydrolysis) is 1. The first-order valence-electron chi connectivity index (χ1n) is 15.0. The minimum absolute atomic E-state index is 0.0985. The van der Waals surface area contributed by atoms with Gasteiger partial charge in [-0.3, -0.25) is 9.78 Å². The molecule has 1 aromatic heterocycles. The number of piperidine rings is 1. The highest BCUT2D eigenvalue weighted by Crippen LogP contribution is 2.44. The summed E-state index contributed by atoms with van der Waals surface area (Å²) in [7, 11) is 3.17. The molecule has 2 atom stereocenters. The van der Waals surface area contributed by atoms with Gasteiger partial charge in [-0.05, 0) is 74.2 Å². The minimum Gasteiger partial charge on any atom is -0.453 e. The minimum atomic E-state index is -1.50. The van der Waals surface area contributed by atoms with Crippen molar-refractivity contribution >= 4 is 22.9 Å². The number of carbonyl (C=O) groups is 2. The van der Waals surface area contributed by atoms with Crippen molar-refractivity contribution in [1.82, 2.24) is 20.5 Å². The Bertz CT molecular complexity index is 1610. The van der Waals surface area contributed by atoms with E-state index in [0.717, 1.165) is 16.5 Å². The molecule has 1 saturated heterocycles. The molecule has 3 aromatic carbocycles. The summed E-state index contributed by atoms with van der Waals surface area (Å²) in [5.41, 5.74) is 2.26. The van der Waals surface area contributed by atoms with Gasteiger partial charge in [-0.1, -0.05) is 42.5 Å². The fourth-order valence-corrected chi connectivity index (χ4v) is 6.27. The van der Waals surface area contributed by atoms with Gasteiger partial charge in [0.25, 0.3) is 5.91 Å². The van der Waals surface area contributed by atoms with E-state index in [1.54, 1.807) is 23.2 Å². The lowest BCUT2D eigenvalue weighted by atomic mass is 9.72. The van der Waals surface area contributed by atoms with Gasteiger partial charge in [0.1, 0.15) is 5.82 Å². The number of methoxy groups -OCH3 is 1. The first-order chi connectivity index (χ1) is 21.3. The fraction of sp³-hybridized carbons (Fsp3) is 0.343. The van der Waals surface area contributed by atoms with E-state index < -0.39 is 17.5 Å². The van der Waals surface area contributed by atoms with E-state index in [1.807, 2.05) is 61.6 Å². The number of hydrogen-bond acceptors (Lipinski definition) is 6. The molecule has 1 unspecified atom stereocenters. The van der Waals surface area contributed by atoms with Crippen LogP contribution in [0.15, 0.2) is 79.0 Å². The van der Waals surface area contributed by atoms with Crippen molar-refractivity contribution in [2.24, 2.45) is 5.92 Å². The van der Waals surface area contributed by atoms with Gasteiger partial charge in [0.15, 0.2) is 0 Å². The number of halogens is 1. The van der Waals surface area contributed by atoms with Crippen LogP contribution in [0.2, 0.25) is 0 Å². The fourth-order valence-electron chi connectivity index (χ4n) is 6.27.